The molecule has 13 nitrogen and oxygen atoms in total. The van der Waals surface area contributed by atoms with Crippen LogP contribution in [0.5, 0.6) is 0 Å². The molecule has 1 aromatic rings. The third-order valence-corrected chi connectivity index (χ3v) is 6.86. The molecule has 0 amide bonds. The third kappa shape index (κ3) is 11.6. The van der Waals surface area contributed by atoms with Crippen LogP contribution < -0.4 is 0 Å². The van der Waals surface area contributed by atoms with Crippen molar-refractivity contribution in [2.24, 2.45) is 0 Å². The maximum Gasteiger partial charge on any atom is 2.00 e. The third-order valence-electron chi connectivity index (χ3n) is 5.71. The molecule has 37 heavy (non-hydrogen) atoms. The van der Waals surface area contributed by atoms with E-state index in [1.807, 2.05) is 0 Å². The van der Waals surface area contributed by atoms with Crippen LogP contribution in [0.4, 0.5) is 0 Å². The number of phosphoric ester groups is 1. The van der Waals surface area contributed by atoms with E-state index in [0.717, 1.165) is 12.8 Å². The van der Waals surface area contributed by atoms with Gasteiger partial charge in [-0.3, -0.25) is 38.2 Å². The van der Waals surface area contributed by atoms with Crippen LogP contribution in [0, 0.1) is 0 Å². The summed E-state index contributed by atoms with van der Waals surface area (Å²) in [5.41, 5.74) is 0.866. The standard InChI is InChI=1S/C22H34N3O10P.Mn/c1-15(2)35-36(32,33)34-14-16-6-5-9-23-17(16)10-24(11-20(26)27)18-7-3-4-8-19(18)25(12-21(28)29)13-22(30)31;/h5-6,9,15,18-19H,3-4,7-8,10-14H2,1-2H3,(H,26,27)(H,28,29)(H,30,31)(H,32,33);/q;+2/t18-,19?;/m0./s1. The van der Waals surface area contributed by atoms with Gasteiger partial charge in [-0.2, -0.15) is 0 Å². The van der Waals surface area contributed by atoms with E-state index in [2.05, 4.69) is 4.98 Å². The number of carboxylic acids is 3. The van der Waals surface area contributed by atoms with Gasteiger partial charge in [0, 0.05) is 30.4 Å². The molecule has 1 fully saturated rings. The van der Waals surface area contributed by atoms with Crippen LogP contribution in [0.15, 0.2) is 18.3 Å². The summed E-state index contributed by atoms with van der Waals surface area (Å²) in [6, 6.07) is 2.31. The second-order valence-corrected chi connectivity index (χ2v) is 10.3. The number of nitrogens with zero attached hydrogens (tertiary/aromatic N) is 3. The minimum atomic E-state index is -4.32. The van der Waals surface area contributed by atoms with E-state index in [1.165, 1.54) is 11.1 Å². The average molecular weight is 586 g/mol. The van der Waals surface area contributed by atoms with E-state index in [1.54, 1.807) is 30.9 Å². The first-order valence-corrected chi connectivity index (χ1v) is 13.1. The topological polar surface area (TPSA) is 187 Å². The first-order chi connectivity index (χ1) is 16.9. The average Bonchev–Trinajstić information content (AvgIpc) is 2.76. The Morgan fingerprint density at radius 2 is 1.54 bits per heavy atom. The van der Waals surface area contributed by atoms with E-state index in [-0.39, 0.29) is 36.8 Å². The van der Waals surface area contributed by atoms with Gasteiger partial charge in [0.05, 0.1) is 38.0 Å². The Kier molecular flexibility index (Phi) is 13.9. The van der Waals surface area contributed by atoms with Crippen molar-refractivity contribution in [3.8, 4) is 0 Å². The number of aromatic nitrogens is 1. The van der Waals surface area contributed by atoms with E-state index in [0.29, 0.717) is 24.1 Å². The first-order valence-electron chi connectivity index (χ1n) is 11.6. The summed E-state index contributed by atoms with van der Waals surface area (Å²) in [4.78, 5) is 51.8. The zero-order valence-corrected chi connectivity index (χ0v) is 22.8. The summed E-state index contributed by atoms with van der Waals surface area (Å²) >= 11 is 0. The molecule has 0 spiro atoms. The zero-order chi connectivity index (χ0) is 26.9. The van der Waals surface area contributed by atoms with Crippen LogP contribution in [0.1, 0.15) is 50.8 Å². The molecular formula is C22H34MnN3O10P+2. The fraction of sp³-hybridized carbons (Fsp3) is 0.636. The fourth-order valence-electron chi connectivity index (χ4n) is 4.43. The molecule has 4 N–H and O–H groups in total. The molecule has 1 aromatic heterocycles. The fourth-order valence-corrected chi connectivity index (χ4v) is 5.33. The SMILES string of the molecule is CC(C)OP(=O)(O)OCc1cccnc1CN(CC(=O)O)[C@H]1CCCCC1N(CC(=O)O)CC(=O)O.[Mn+2]. The Morgan fingerprint density at radius 3 is 2.05 bits per heavy atom. The Labute approximate surface area is 225 Å². The number of carboxylic acid groups (broad SMARTS) is 3. The van der Waals surface area contributed by atoms with E-state index >= 15 is 0 Å². The number of rotatable bonds is 15. The molecule has 1 heterocycles. The molecule has 1 aliphatic carbocycles. The van der Waals surface area contributed by atoms with Gasteiger partial charge >= 0.3 is 42.8 Å². The summed E-state index contributed by atoms with van der Waals surface area (Å²) in [5.74, 6) is -3.46. The van der Waals surface area contributed by atoms with Gasteiger partial charge in [0.15, 0.2) is 0 Å². The molecule has 0 aromatic carbocycles. The molecule has 15 heteroatoms. The molecule has 1 aliphatic rings. The summed E-state index contributed by atoms with van der Waals surface area (Å²) in [7, 11) is -4.32. The molecule has 1 radical (unpaired) electrons. The quantitative estimate of drug-likeness (QED) is 0.172. The van der Waals surface area contributed by atoms with Crippen LogP contribution in [-0.2, 0) is 58.2 Å². The molecule has 0 bridgehead atoms. The minimum Gasteiger partial charge on any atom is -0.480 e. The summed E-state index contributed by atoms with van der Waals surface area (Å²) < 4.78 is 22.1. The molecule has 3 atom stereocenters. The van der Waals surface area contributed by atoms with Gasteiger partial charge < -0.3 is 20.2 Å². The first kappa shape index (κ1) is 33.1. The van der Waals surface area contributed by atoms with E-state index in [4.69, 9.17) is 9.05 Å². The van der Waals surface area contributed by atoms with E-state index < -0.39 is 57.0 Å². The number of aliphatic carboxylic acids is 3. The zero-order valence-electron chi connectivity index (χ0n) is 20.7. The Balaban J connectivity index is 0.00000684. The van der Waals surface area contributed by atoms with E-state index in [9.17, 15) is 39.2 Å². The van der Waals surface area contributed by atoms with Crippen LogP contribution in [0.25, 0.3) is 0 Å². The van der Waals surface area contributed by atoms with Crippen molar-refractivity contribution in [1.82, 2.24) is 14.8 Å². The van der Waals surface area contributed by atoms with Gasteiger partial charge in [0.1, 0.15) is 0 Å². The maximum atomic E-state index is 12.1. The summed E-state index contributed by atoms with van der Waals surface area (Å²) in [6.07, 6.45) is 3.54. The van der Waals surface area contributed by atoms with Crippen LogP contribution in [0.3, 0.4) is 0 Å². The Bertz CT molecular complexity index is 950. The number of hydrogen-bond donors (Lipinski definition) is 4. The van der Waals surface area contributed by atoms with Gasteiger partial charge in [0.25, 0.3) is 0 Å². The van der Waals surface area contributed by atoms with Crippen molar-refractivity contribution in [2.45, 2.75) is 70.9 Å². The van der Waals surface area contributed by atoms with Crippen LogP contribution in [0.2, 0.25) is 0 Å². The minimum absolute atomic E-state index is 0. The van der Waals surface area contributed by atoms with Crippen molar-refractivity contribution in [3.05, 3.63) is 29.6 Å². The molecular weight excluding hydrogens is 552 g/mol. The maximum absolute atomic E-state index is 12.1. The van der Waals surface area contributed by atoms with Gasteiger partial charge in [-0.05, 0) is 32.8 Å². The normalized spacial score (nSPS) is 19.4. The number of carbonyl (C=O) groups is 3. The Hall–Kier alpha value is -1.89. The second kappa shape index (κ2) is 15.5. The summed E-state index contributed by atoms with van der Waals surface area (Å²) in [6.45, 7) is 1.54. The monoisotopic (exact) mass is 586 g/mol. The van der Waals surface area contributed by atoms with Crippen molar-refractivity contribution >= 4 is 25.7 Å². The largest absolute Gasteiger partial charge is 2.00 e. The van der Waals surface area contributed by atoms with Crippen molar-refractivity contribution in [1.29, 1.82) is 0 Å². The number of hydrogen-bond acceptors (Lipinski definition) is 9. The van der Waals surface area contributed by atoms with Crippen molar-refractivity contribution in [3.63, 3.8) is 0 Å². The van der Waals surface area contributed by atoms with Gasteiger partial charge in [-0.15, -0.1) is 0 Å². The number of pyridine rings is 1. The predicted molar refractivity (Wildman–Crippen MR) is 126 cm³/mol. The van der Waals surface area contributed by atoms with Gasteiger partial charge in [-0.25, -0.2) is 4.57 Å². The van der Waals surface area contributed by atoms with Crippen molar-refractivity contribution < 1.29 is 65.3 Å². The van der Waals surface area contributed by atoms with Crippen LogP contribution >= 0.6 is 7.82 Å². The molecule has 0 aliphatic heterocycles. The number of phosphoric acid groups is 1. The van der Waals surface area contributed by atoms with Gasteiger partial charge in [0.2, 0.25) is 0 Å². The smallest absolute Gasteiger partial charge is 0.480 e. The van der Waals surface area contributed by atoms with Crippen molar-refractivity contribution in [2.75, 3.05) is 19.6 Å². The molecule has 0 saturated heterocycles. The summed E-state index contributed by atoms with van der Waals surface area (Å²) in [5, 5.41) is 28.3. The second-order valence-electron chi connectivity index (χ2n) is 8.92. The predicted octanol–water partition coefficient (Wildman–Crippen LogP) is 1.79. The molecule has 2 unspecified atom stereocenters. The van der Waals surface area contributed by atoms with Crippen LogP contribution in [-0.4, -0.2) is 90.7 Å². The Morgan fingerprint density at radius 1 is 1.03 bits per heavy atom. The molecule has 207 valence electrons. The molecule has 2 rings (SSSR count). The molecule has 1 saturated carbocycles. The van der Waals surface area contributed by atoms with Gasteiger partial charge in [-0.1, -0.05) is 18.9 Å².